The summed E-state index contributed by atoms with van der Waals surface area (Å²) in [6.45, 7) is 8.40. The van der Waals surface area contributed by atoms with Crippen LogP contribution in [0, 0.1) is 6.92 Å². The lowest BCUT2D eigenvalue weighted by Gasteiger charge is -2.39. The Balaban J connectivity index is 1.74. The van der Waals surface area contributed by atoms with E-state index in [1.54, 1.807) is 12.0 Å². The molecule has 1 fully saturated rings. The van der Waals surface area contributed by atoms with Crippen LogP contribution < -0.4 is 15.4 Å². The zero-order chi connectivity index (χ0) is 22.6. The first-order valence-corrected chi connectivity index (χ1v) is 11.0. The number of aromatic nitrogens is 1. The van der Waals surface area contributed by atoms with E-state index in [1.165, 1.54) is 11.5 Å². The summed E-state index contributed by atoms with van der Waals surface area (Å²) in [6.07, 6.45) is 0.277. The maximum atomic E-state index is 12.6. The van der Waals surface area contributed by atoms with Crippen molar-refractivity contribution in [3.63, 3.8) is 0 Å². The molecule has 0 radical (unpaired) electrons. The predicted molar refractivity (Wildman–Crippen MR) is 121 cm³/mol. The van der Waals surface area contributed by atoms with E-state index < -0.39 is 5.60 Å². The fraction of sp³-hybridized carbons (Fsp3) is 0.500. The zero-order valence-electron chi connectivity index (χ0n) is 18.6. The van der Waals surface area contributed by atoms with E-state index >= 15 is 0 Å². The maximum absolute atomic E-state index is 12.6. The average molecular weight is 447 g/mol. The number of carbonyl (C=O) groups is 2. The number of ether oxygens (including phenoxy) is 2. The number of nitrogens with zero attached hydrogens (tertiary/aromatic N) is 2. The highest BCUT2D eigenvalue weighted by atomic mass is 32.1. The predicted octanol–water partition coefficient (Wildman–Crippen LogP) is 4.37. The highest BCUT2D eigenvalue weighted by Gasteiger charge is 2.35. The number of likely N-dealkylation sites (tertiary alicyclic amines) is 1. The van der Waals surface area contributed by atoms with E-state index in [4.69, 9.17) is 9.47 Å². The van der Waals surface area contributed by atoms with E-state index in [2.05, 4.69) is 15.0 Å². The lowest BCUT2D eigenvalue weighted by Crippen LogP contribution is -2.52. The van der Waals surface area contributed by atoms with Crippen molar-refractivity contribution in [2.24, 2.45) is 0 Å². The van der Waals surface area contributed by atoms with Crippen LogP contribution >= 0.6 is 11.5 Å². The highest BCUT2D eigenvalue weighted by molar-refractivity contribution is 7.10. The van der Waals surface area contributed by atoms with Gasteiger partial charge in [0, 0.05) is 25.0 Å². The molecule has 1 unspecified atom stereocenters. The van der Waals surface area contributed by atoms with Crippen LogP contribution in [0.3, 0.4) is 0 Å². The Labute approximate surface area is 187 Å². The molecule has 1 aliphatic rings. The van der Waals surface area contributed by atoms with Crippen LogP contribution in [0.25, 0.3) is 0 Å². The minimum Gasteiger partial charge on any atom is -0.497 e. The molecule has 1 saturated heterocycles. The van der Waals surface area contributed by atoms with Crippen molar-refractivity contribution in [2.75, 3.05) is 25.5 Å². The lowest BCUT2D eigenvalue weighted by atomic mass is 9.86. The number of rotatable bonds is 4. The van der Waals surface area contributed by atoms with Crippen molar-refractivity contribution in [3.05, 3.63) is 41.6 Å². The number of aryl methyl sites for hydroxylation is 1. The van der Waals surface area contributed by atoms with E-state index in [0.29, 0.717) is 24.5 Å². The Morgan fingerprint density at radius 1 is 1.23 bits per heavy atom. The number of amides is 3. The van der Waals surface area contributed by atoms with Gasteiger partial charge in [-0.3, -0.25) is 5.32 Å². The Kier molecular flexibility index (Phi) is 7.04. The topological polar surface area (TPSA) is 92.8 Å². The molecule has 1 aliphatic heterocycles. The molecule has 2 aromatic rings. The molecule has 168 valence electrons. The van der Waals surface area contributed by atoms with Gasteiger partial charge in [0.05, 0.1) is 12.8 Å². The van der Waals surface area contributed by atoms with Gasteiger partial charge in [-0.25, -0.2) is 9.59 Å². The molecule has 0 bridgehead atoms. The van der Waals surface area contributed by atoms with Crippen LogP contribution in [-0.2, 0) is 4.74 Å². The normalized spacial score (nSPS) is 18.9. The Hall–Kier alpha value is -2.81. The quantitative estimate of drug-likeness (QED) is 0.727. The molecule has 2 N–H and O–H groups in total. The number of piperidine rings is 1. The van der Waals surface area contributed by atoms with Crippen molar-refractivity contribution >= 4 is 28.7 Å². The van der Waals surface area contributed by atoms with Crippen molar-refractivity contribution in [1.82, 2.24) is 14.6 Å². The summed E-state index contributed by atoms with van der Waals surface area (Å²) < 4.78 is 15.0. The minimum absolute atomic E-state index is 0.0823. The fourth-order valence-corrected chi connectivity index (χ4v) is 4.20. The summed E-state index contributed by atoms with van der Waals surface area (Å²) in [4.78, 5) is 27.0. The summed E-state index contributed by atoms with van der Waals surface area (Å²) in [5, 5.41) is 6.62. The van der Waals surface area contributed by atoms with Crippen LogP contribution in [0.1, 0.15) is 44.4 Å². The molecular formula is C22H30N4O4S. The number of benzene rings is 1. The molecular weight excluding hydrogens is 416 g/mol. The van der Waals surface area contributed by atoms with Gasteiger partial charge in [-0.1, -0.05) is 12.1 Å². The first-order valence-electron chi connectivity index (χ1n) is 10.3. The number of anilines is 1. The maximum Gasteiger partial charge on any atom is 0.410 e. The van der Waals surface area contributed by atoms with E-state index in [1.807, 2.05) is 58.0 Å². The Morgan fingerprint density at radius 2 is 1.94 bits per heavy atom. The van der Waals surface area contributed by atoms with Gasteiger partial charge in [-0.15, -0.1) is 0 Å². The molecule has 31 heavy (non-hydrogen) atoms. The first kappa shape index (κ1) is 22.9. The lowest BCUT2D eigenvalue weighted by molar-refractivity contribution is 0.0180. The van der Waals surface area contributed by atoms with Gasteiger partial charge in [-0.05, 0) is 69.4 Å². The Bertz CT molecular complexity index is 907. The molecule has 1 aromatic heterocycles. The first-order chi connectivity index (χ1) is 14.6. The van der Waals surface area contributed by atoms with E-state index in [9.17, 15) is 9.59 Å². The van der Waals surface area contributed by atoms with Crippen LogP contribution in [-0.4, -0.2) is 53.2 Å². The van der Waals surface area contributed by atoms with E-state index in [0.717, 1.165) is 17.0 Å². The second kappa shape index (κ2) is 9.55. The van der Waals surface area contributed by atoms with Gasteiger partial charge in [0.2, 0.25) is 0 Å². The SMILES string of the molecule is COc1ccc([C@@H]2CN(C(=O)OC(C)(C)C)CCC2NC(=O)Nc2cc(C)ns2)cc1. The van der Waals surface area contributed by atoms with Crippen molar-refractivity contribution in [3.8, 4) is 5.75 Å². The standard InChI is InChI=1S/C22H30N4O4S/c1-14-12-19(31-25-14)24-20(27)23-18-10-11-26(21(28)30-22(2,3)4)13-17(18)15-6-8-16(29-5)9-7-15/h6-9,12,17-18H,10-11,13H2,1-5H3,(H2,23,24,27)/t17-,18?/m0/s1. The largest absolute Gasteiger partial charge is 0.497 e. The smallest absolute Gasteiger partial charge is 0.410 e. The van der Waals surface area contributed by atoms with Crippen molar-refractivity contribution in [1.29, 1.82) is 0 Å². The van der Waals surface area contributed by atoms with Gasteiger partial charge in [-0.2, -0.15) is 4.37 Å². The highest BCUT2D eigenvalue weighted by Crippen LogP contribution is 2.30. The molecule has 2 atom stereocenters. The average Bonchev–Trinajstić information content (AvgIpc) is 3.11. The number of hydrogen-bond donors (Lipinski definition) is 2. The molecule has 9 heteroatoms. The molecule has 3 amide bonds. The number of hydrogen-bond acceptors (Lipinski definition) is 6. The molecule has 2 heterocycles. The Morgan fingerprint density at radius 3 is 2.52 bits per heavy atom. The molecule has 3 rings (SSSR count). The molecule has 8 nitrogen and oxygen atoms in total. The second-order valence-corrected chi connectivity index (χ2v) is 9.44. The summed E-state index contributed by atoms with van der Waals surface area (Å²) in [5.41, 5.74) is 1.32. The van der Waals surface area contributed by atoms with Crippen LogP contribution in [0.5, 0.6) is 5.75 Å². The van der Waals surface area contributed by atoms with Gasteiger partial charge < -0.3 is 19.7 Å². The van der Waals surface area contributed by atoms with Gasteiger partial charge >= 0.3 is 12.1 Å². The van der Waals surface area contributed by atoms with Crippen molar-refractivity contribution in [2.45, 2.75) is 51.7 Å². The minimum atomic E-state index is -0.561. The van der Waals surface area contributed by atoms with Crippen LogP contribution in [0.15, 0.2) is 30.3 Å². The molecule has 1 aromatic carbocycles. The monoisotopic (exact) mass is 446 g/mol. The van der Waals surface area contributed by atoms with Crippen LogP contribution in [0.4, 0.5) is 14.6 Å². The zero-order valence-corrected chi connectivity index (χ0v) is 19.4. The third kappa shape index (κ3) is 6.33. The van der Waals surface area contributed by atoms with Crippen LogP contribution in [0.2, 0.25) is 0 Å². The number of carbonyl (C=O) groups excluding carboxylic acids is 2. The number of methoxy groups -OCH3 is 1. The van der Waals surface area contributed by atoms with Crippen molar-refractivity contribution < 1.29 is 19.1 Å². The van der Waals surface area contributed by atoms with E-state index in [-0.39, 0.29) is 24.1 Å². The second-order valence-electron chi connectivity index (χ2n) is 8.63. The van der Waals surface area contributed by atoms with Gasteiger partial charge in [0.15, 0.2) is 0 Å². The summed E-state index contributed by atoms with van der Waals surface area (Å²) in [5.74, 6) is 0.674. The number of urea groups is 1. The van der Waals surface area contributed by atoms with Gasteiger partial charge in [0.1, 0.15) is 16.4 Å². The molecule has 0 spiro atoms. The molecule has 0 saturated carbocycles. The summed E-state index contributed by atoms with van der Waals surface area (Å²) >= 11 is 1.25. The summed E-state index contributed by atoms with van der Waals surface area (Å²) in [7, 11) is 1.62. The number of nitrogens with one attached hydrogen (secondary N) is 2. The summed E-state index contributed by atoms with van der Waals surface area (Å²) in [6, 6.07) is 9.13. The third-order valence-electron chi connectivity index (χ3n) is 4.99. The third-order valence-corrected chi connectivity index (χ3v) is 5.79. The van der Waals surface area contributed by atoms with Gasteiger partial charge in [0.25, 0.3) is 0 Å². The fourth-order valence-electron chi connectivity index (χ4n) is 3.54. The molecule has 0 aliphatic carbocycles.